The highest BCUT2D eigenvalue weighted by atomic mass is 19.1. The van der Waals surface area contributed by atoms with Gasteiger partial charge in [-0.2, -0.15) is 0 Å². The first kappa shape index (κ1) is 20.7. The van der Waals surface area contributed by atoms with Crippen LogP contribution in [0.5, 0.6) is 0 Å². The average Bonchev–Trinajstić information content (AvgIpc) is 2.99. The van der Waals surface area contributed by atoms with Crippen molar-refractivity contribution in [3.63, 3.8) is 0 Å². The van der Waals surface area contributed by atoms with E-state index in [9.17, 15) is 14.3 Å². The number of aromatic nitrogens is 1. The number of nitrogen functional groups attached to an aromatic ring is 1. The normalized spacial score (nSPS) is 24.5. The Balaban J connectivity index is 1.66. The van der Waals surface area contributed by atoms with Gasteiger partial charge in [-0.15, -0.1) is 0 Å². The van der Waals surface area contributed by atoms with E-state index in [1.165, 1.54) is 29.6 Å². The number of hydrogen-bond acceptors (Lipinski definition) is 3. The van der Waals surface area contributed by atoms with Crippen molar-refractivity contribution < 1.29 is 14.3 Å². The summed E-state index contributed by atoms with van der Waals surface area (Å²) in [6.07, 6.45) is 4.79. The van der Waals surface area contributed by atoms with Gasteiger partial charge in [0.2, 0.25) is 0 Å². The maximum absolute atomic E-state index is 13.7. The van der Waals surface area contributed by atoms with Crippen LogP contribution in [0.25, 0.3) is 16.6 Å². The third-order valence-electron chi connectivity index (χ3n) is 7.51. The van der Waals surface area contributed by atoms with Gasteiger partial charge in [-0.1, -0.05) is 13.8 Å². The summed E-state index contributed by atoms with van der Waals surface area (Å²) in [4.78, 5) is 11.3. The molecule has 2 saturated carbocycles. The molecular formula is C26H28FN3O2. The molecule has 1 spiro atoms. The van der Waals surface area contributed by atoms with Crippen LogP contribution in [0.4, 0.5) is 10.1 Å². The number of anilines is 1. The lowest BCUT2D eigenvalue weighted by molar-refractivity contribution is -0.155. The van der Waals surface area contributed by atoms with Crippen molar-refractivity contribution >= 4 is 28.8 Å². The summed E-state index contributed by atoms with van der Waals surface area (Å²) in [5.41, 5.74) is 12.0. The largest absolute Gasteiger partial charge is 0.481 e. The summed E-state index contributed by atoms with van der Waals surface area (Å²) in [7, 11) is 0. The van der Waals surface area contributed by atoms with E-state index in [1.54, 1.807) is 12.1 Å². The summed E-state index contributed by atoms with van der Waals surface area (Å²) in [5, 5.41) is 18.1. The molecule has 1 heterocycles. The molecule has 2 fully saturated rings. The minimum absolute atomic E-state index is 0.159. The first-order valence-corrected chi connectivity index (χ1v) is 11.2. The second-order valence-corrected chi connectivity index (χ2v) is 9.96. The van der Waals surface area contributed by atoms with Gasteiger partial charge in [-0.25, -0.2) is 4.39 Å². The predicted molar refractivity (Wildman–Crippen MR) is 124 cm³/mol. The smallest absolute Gasteiger partial charge is 0.306 e. The molecule has 0 amide bonds. The van der Waals surface area contributed by atoms with Crippen LogP contribution in [0.1, 0.15) is 68.2 Å². The van der Waals surface area contributed by atoms with E-state index in [2.05, 4.69) is 18.4 Å². The van der Waals surface area contributed by atoms with E-state index in [-0.39, 0.29) is 23.1 Å². The fourth-order valence-corrected chi connectivity index (χ4v) is 6.08. The highest BCUT2D eigenvalue weighted by Gasteiger charge is 2.55. The fraction of sp³-hybridized carbons (Fsp3) is 0.385. The summed E-state index contributed by atoms with van der Waals surface area (Å²) >= 11 is 0. The molecular weight excluding hydrogens is 405 g/mol. The van der Waals surface area contributed by atoms with E-state index < -0.39 is 5.97 Å². The number of nitrogens with two attached hydrogens (primary N) is 1. The Labute approximate surface area is 186 Å². The van der Waals surface area contributed by atoms with Gasteiger partial charge in [0.1, 0.15) is 5.82 Å². The summed E-state index contributed by atoms with van der Waals surface area (Å²) in [6.45, 7) is 4.33. The van der Waals surface area contributed by atoms with E-state index in [0.29, 0.717) is 17.2 Å². The monoisotopic (exact) mass is 433 g/mol. The molecule has 0 saturated heterocycles. The minimum Gasteiger partial charge on any atom is -0.481 e. The van der Waals surface area contributed by atoms with Crippen LogP contribution in [-0.4, -0.2) is 21.9 Å². The van der Waals surface area contributed by atoms with Gasteiger partial charge in [0.25, 0.3) is 0 Å². The van der Waals surface area contributed by atoms with Crippen molar-refractivity contribution in [1.82, 2.24) is 4.57 Å². The van der Waals surface area contributed by atoms with Crippen LogP contribution >= 0.6 is 0 Å². The maximum atomic E-state index is 13.7. The lowest BCUT2D eigenvalue weighted by Crippen LogP contribution is -2.49. The molecule has 166 valence electrons. The van der Waals surface area contributed by atoms with Crippen molar-refractivity contribution in [2.45, 2.75) is 51.4 Å². The predicted octanol–water partition coefficient (Wildman–Crippen LogP) is 5.83. The molecule has 0 aliphatic heterocycles. The van der Waals surface area contributed by atoms with Crippen LogP contribution in [0.3, 0.4) is 0 Å². The molecule has 1 aromatic heterocycles. The number of aliphatic carboxylic acids is 1. The number of carboxylic acid groups (broad SMARTS) is 1. The number of nitrogens with zero attached hydrogens (tertiary/aromatic N) is 1. The molecule has 5 nitrogen and oxygen atoms in total. The third-order valence-corrected chi connectivity index (χ3v) is 7.51. The van der Waals surface area contributed by atoms with Gasteiger partial charge >= 0.3 is 5.97 Å². The van der Waals surface area contributed by atoms with Crippen molar-refractivity contribution in [3.05, 3.63) is 59.0 Å². The second-order valence-electron chi connectivity index (χ2n) is 9.96. The van der Waals surface area contributed by atoms with Crippen LogP contribution in [0, 0.1) is 22.6 Å². The molecule has 2 aliphatic rings. The zero-order chi connectivity index (χ0) is 22.8. The number of rotatable bonds is 5. The molecule has 0 bridgehead atoms. The summed E-state index contributed by atoms with van der Waals surface area (Å²) < 4.78 is 15.9. The van der Waals surface area contributed by atoms with Gasteiger partial charge in [0, 0.05) is 34.2 Å². The Bertz CT molecular complexity index is 1230. The number of benzene rings is 2. The number of halogens is 1. The maximum Gasteiger partial charge on any atom is 0.306 e. The van der Waals surface area contributed by atoms with E-state index in [0.717, 1.165) is 42.3 Å². The van der Waals surface area contributed by atoms with Crippen LogP contribution in [0.15, 0.2) is 36.4 Å². The molecule has 0 unspecified atom stereocenters. The highest BCUT2D eigenvalue weighted by molar-refractivity contribution is 5.98. The quantitative estimate of drug-likeness (QED) is 0.349. The Morgan fingerprint density at radius 3 is 2.44 bits per heavy atom. The van der Waals surface area contributed by atoms with E-state index in [4.69, 9.17) is 11.1 Å². The molecule has 2 aromatic carbocycles. The Kier molecular flexibility index (Phi) is 4.66. The zero-order valence-corrected chi connectivity index (χ0v) is 18.4. The van der Waals surface area contributed by atoms with E-state index >= 15 is 0 Å². The van der Waals surface area contributed by atoms with Crippen LogP contribution < -0.4 is 5.73 Å². The van der Waals surface area contributed by atoms with E-state index in [1.807, 2.05) is 12.1 Å². The third kappa shape index (κ3) is 3.04. The SMILES string of the molecule is CC(C)c1c(C2CC3(CC(C(=O)O)C3)C2)c2cc(N)c(C=N)cc2n1-c1ccc(F)cc1. The lowest BCUT2D eigenvalue weighted by Gasteiger charge is -2.57. The standard InChI is InChI=1S/C26H28FN3O2/c1-14(2)24-23(16-9-26(10-16)11-17(12-26)25(31)32)20-8-21(29)15(13-28)7-22(20)30(24)19-5-3-18(27)4-6-19/h3-8,13-14,16-17,28H,9-12,29H2,1-2H3,(H,31,32). The Morgan fingerprint density at radius 1 is 1.22 bits per heavy atom. The number of nitrogens with one attached hydrogen (secondary N) is 1. The number of carbonyl (C=O) groups is 1. The molecule has 0 atom stereocenters. The second kappa shape index (κ2) is 7.19. The number of hydrogen-bond donors (Lipinski definition) is 3. The van der Waals surface area contributed by atoms with Gasteiger partial charge in [-0.3, -0.25) is 4.79 Å². The van der Waals surface area contributed by atoms with Crippen molar-refractivity contribution in [1.29, 1.82) is 5.41 Å². The van der Waals surface area contributed by atoms with Gasteiger partial charge in [-0.05, 0) is 84.9 Å². The average molecular weight is 434 g/mol. The number of fused-ring (bicyclic) bond motifs is 1. The molecule has 2 aliphatic carbocycles. The first-order chi connectivity index (χ1) is 15.2. The molecule has 3 aromatic rings. The topological polar surface area (TPSA) is 92.1 Å². The van der Waals surface area contributed by atoms with Gasteiger partial charge in [0.15, 0.2) is 0 Å². The zero-order valence-electron chi connectivity index (χ0n) is 18.4. The molecule has 4 N–H and O–H groups in total. The highest BCUT2D eigenvalue weighted by Crippen LogP contribution is 2.65. The lowest BCUT2D eigenvalue weighted by atomic mass is 9.47. The number of carboxylic acids is 1. The molecule has 32 heavy (non-hydrogen) atoms. The van der Waals surface area contributed by atoms with Crippen LogP contribution in [0.2, 0.25) is 0 Å². The molecule has 5 rings (SSSR count). The Morgan fingerprint density at radius 2 is 1.88 bits per heavy atom. The minimum atomic E-state index is -0.679. The van der Waals surface area contributed by atoms with Gasteiger partial charge in [0.05, 0.1) is 11.4 Å². The molecule has 0 radical (unpaired) electrons. The summed E-state index contributed by atoms with van der Waals surface area (Å²) in [5.74, 6) is -0.595. The van der Waals surface area contributed by atoms with Crippen molar-refractivity contribution in [2.24, 2.45) is 11.3 Å². The van der Waals surface area contributed by atoms with Crippen LogP contribution in [-0.2, 0) is 4.79 Å². The van der Waals surface area contributed by atoms with Gasteiger partial charge < -0.3 is 20.8 Å². The summed E-state index contributed by atoms with van der Waals surface area (Å²) in [6, 6.07) is 10.4. The molecule has 6 heteroatoms. The van der Waals surface area contributed by atoms with Crippen molar-refractivity contribution in [3.8, 4) is 5.69 Å². The Hall–Kier alpha value is -3.15. The van der Waals surface area contributed by atoms with Crippen molar-refractivity contribution in [2.75, 3.05) is 5.73 Å². The fourth-order valence-electron chi connectivity index (χ4n) is 6.08. The first-order valence-electron chi connectivity index (χ1n) is 11.2.